The third-order valence-corrected chi connectivity index (χ3v) is 6.61. The summed E-state index contributed by atoms with van der Waals surface area (Å²) in [6, 6.07) is 4.84. The fourth-order valence-electron chi connectivity index (χ4n) is 4.43. The maximum atomic E-state index is 12.4. The molecule has 1 aromatic heterocycles. The minimum atomic E-state index is -0.242. The van der Waals surface area contributed by atoms with Crippen molar-refractivity contribution in [2.45, 2.75) is 63.3 Å². The molecule has 1 amide bonds. The average molecular weight is 334 g/mol. The largest absolute Gasteiger partial charge is 0.364 e. The van der Waals surface area contributed by atoms with Crippen LogP contribution < -0.4 is 5.32 Å². The molecule has 3 atom stereocenters. The number of hydrogen-bond donors (Lipinski definition) is 1. The molecule has 126 valence electrons. The molecule has 5 heteroatoms. The zero-order valence-electron chi connectivity index (χ0n) is 13.6. The summed E-state index contributed by atoms with van der Waals surface area (Å²) in [7, 11) is 0. The van der Waals surface area contributed by atoms with Crippen molar-refractivity contribution in [2.75, 3.05) is 13.1 Å². The topological polar surface area (TPSA) is 41.6 Å². The summed E-state index contributed by atoms with van der Waals surface area (Å²) in [6.07, 6.45) is 7.57. The Morgan fingerprint density at radius 2 is 2.22 bits per heavy atom. The van der Waals surface area contributed by atoms with E-state index in [1.807, 2.05) is 11.4 Å². The minimum absolute atomic E-state index is 0.0696. The van der Waals surface area contributed by atoms with E-state index >= 15 is 0 Å². The molecule has 1 aromatic rings. The first kappa shape index (κ1) is 15.6. The van der Waals surface area contributed by atoms with Crippen LogP contribution >= 0.6 is 11.3 Å². The lowest BCUT2D eigenvalue weighted by Gasteiger charge is -2.37. The van der Waals surface area contributed by atoms with Crippen LogP contribution in [0.2, 0.25) is 0 Å². The number of ether oxygens (including phenoxy) is 1. The van der Waals surface area contributed by atoms with Crippen LogP contribution in [-0.2, 0) is 16.1 Å². The number of fused-ring (bicyclic) bond motifs is 1. The fourth-order valence-corrected chi connectivity index (χ4v) is 5.07. The van der Waals surface area contributed by atoms with Crippen molar-refractivity contribution in [3.05, 3.63) is 22.4 Å². The normalized spacial score (nSPS) is 32.1. The summed E-state index contributed by atoms with van der Waals surface area (Å²) in [5, 5.41) is 5.08. The lowest BCUT2D eigenvalue weighted by molar-refractivity contribution is -0.133. The molecule has 23 heavy (non-hydrogen) atoms. The molecule has 0 unspecified atom stereocenters. The Hall–Kier alpha value is -0.910. The van der Waals surface area contributed by atoms with Gasteiger partial charge in [0, 0.05) is 17.5 Å². The van der Waals surface area contributed by atoms with Gasteiger partial charge in [0.25, 0.3) is 0 Å². The number of carbonyl (C=O) groups is 1. The van der Waals surface area contributed by atoms with E-state index in [1.54, 1.807) is 11.3 Å². The van der Waals surface area contributed by atoms with E-state index in [2.05, 4.69) is 16.3 Å². The van der Waals surface area contributed by atoms with Gasteiger partial charge in [-0.2, -0.15) is 0 Å². The molecule has 4 rings (SSSR count). The van der Waals surface area contributed by atoms with E-state index < -0.39 is 0 Å². The van der Waals surface area contributed by atoms with Gasteiger partial charge in [0.1, 0.15) is 6.10 Å². The monoisotopic (exact) mass is 334 g/mol. The van der Waals surface area contributed by atoms with Gasteiger partial charge in [-0.1, -0.05) is 18.9 Å². The van der Waals surface area contributed by atoms with Gasteiger partial charge in [-0.15, -0.1) is 11.3 Å². The Bertz CT molecular complexity index is 527. The first-order valence-corrected chi connectivity index (χ1v) is 9.87. The second kappa shape index (κ2) is 6.91. The molecule has 1 N–H and O–H groups in total. The van der Waals surface area contributed by atoms with E-state index in [0.717, 1.165) is 19.0 Å². The van der Waals surface area contributed by atoms with Crippen molar-refractivity contribution >= 4 is 17.2 Å². The molecule has 1 saturated carbocycles. The van der Waals surface area contributed by atoms with Crippen LogP contribution in [0.4, 0.5) is 0 Å². The molecular weight excluding hydrogens is 308 g/mol. The third kappa shape index (κ3) is 3.47. The smallest absolute Gasteiger partial charge is 0.249 e. The van der Waals surface area contributed by atoms with Crippen LogP contribution in [0, 0.1) is 5.92 Å². The van der Waals surface area contributed by atoms with Crippen LogP contribution in [0.1, 0.15) is 43.4 Å². The summed E-state index contributed by atoms with van der Waals surface area (Å²) < 4.78 is 6.14. The maximum absolute atomic E-state index is 12.4. The molecule has 1 aliphatic carbocycles. The zero-order valence-corrected chi connectivity index (χ0v) is 14.4. The summed E-state index contributed by atoms with van der Waals surface area (Å²) in [4.78, 5) is 16.2. The maximum Gasteiger partial charge on any atom is 0.249 e. The molecular formula is C18H26N2O2S. The van der Waals surface area contributed by atoms with E-state index in [4.69, 9.17) is 4.74 Å². The number of hydrogen-bond acceptors (Lipinski definition) is 4. The first-order chi connectivity index (χ1) is 11.3. The molecule has 2 aliphatic heterocycles. The number of nitrogens with zero attached hydrogens (tertiary/aromatic N) is 1. The molecule has 2 saturated heterocycles. The fraction of sp³-hybridized carbons (Fsp3) is 0.722. The number of nitrogens with one attached hydrogen (secondary N) is 1. The summed E-state index contributed by atoms with van der Waals surface area (Å²) in [6.45, 7) is 2.85. The highest BCUT2D eigenvalue weighted by molar-refractivity contribution is 7.09. The van der Waals surface area contributed by atoms with Crippen LogP contribution in [0.15, 0.2) is 17.5 Å². The van der Waals surface area contributed by atoms with E-state index in [-0.39, 0.29) is 18.1 Å². The molecule has 3 heterocycles. The number of piperidine rings is 1. The van der Waals surface area contributed by atoms with Crippen molar-refractivity contribution in [1.29, 1.82) is 0 Å². The predicted molar refractivity (Wildman–Crippen MR) is 91.4 cm³/mol. The van der Waals surface area contributed by atoms with Gasteiger partial charge in [-0.05, 0) is 49.6 Å². The van der Waals surface area contributed by atoms with Gasteiger partial charge in [0.15, 0.2) is 0 Å². The summed E-state index contributed by atoms with van der Waals surface area (Å²) >= 11 is 1.68. The van der Waals surface area contributed by atoms with Crippen LogP contribution in [0.3, 0.4) is 0 Å². The van der Waals surface area contributed by atoms with Crippen molar-refractivity contribution in [1.82, 2.24) is 10.2 Å². The quantitative estimate of drug-likeness (QED) is 0.920. The van der Waals surface area contributed by atoms with Gasteiger partial charge in [-0.3, -0.25) is 9.69 Å². The van der Waals surface area contributed by atoms with Gasteiger partial charge in [-0.25, -0.2) is 0 Å². The van der Waals surface area contributed by atoms with Gasteiger partial charge in [0.2, 0.25) is 5.91 Å². The van der Waals surface area contributed by atoms with Gasteiger partial charge >= 0.3 is 0 Å². The average Bonchev–Trinajstić information content (AvgIpc) is 3.32. The Balaban J connectivity index is 1.29. The second-order valence-electron chi connectivity index (χ2n) is 7.18. The number of rotatable bonds is 4. The van der Waals surface area contributed by atoms with Crippen molar-refractivity contribution < 1.29 is 9.53 Å². The third-order valence-electron chi connectivity index (χ3n) is 5.73. The number of thiophene rings is 1. The van der Waals surface area contributed by atoms with Gasteiger partial charge < -0.3 is 10.1 Å². The lowest BCUT2D eigenvalue weighted by atomic mass is 9.90. The molecule has 4 nitrogen and oxygen atoms in total. The Kier molecular flexibility index (Phi) is 4.69. The highest BCUT2D eigenvalue weighted by Gasteiger charge is 2.43. The van der Waals surface area contributed by atoms with Crippen molar-refractivity contribution in [3.8, 4) is 0 Å². The Labute approximate surface area is 142 Å². The Morgan fingerprint density at radius 1 is 1.35 bits per heavy atom. The van der Waals surface area contributed by atoms with Crippen LogP contribution in [0.5, 0.6) is 0 Å². The van der Waals surface area contributed by atoms with Crippen LogP contribution in [0.25, 0.3) is 0 Å². The highest BCUT2D eigenvalue weighted by Crippen LogP contribution is 2.36. The first-order valence-electron chi connectivity index (χ1n) is 8.99. The molecule has 0 bridgehead atoms. The van der Waals surface area contributed by atoms with E-state index in [0.29, 0.717) is 12.5 Å². The van der Waals surface area contributed by atoms with Gasteiger partial charge in [0.05, 0.1) is 12.6 Å². The molecule has 3 aliphatic rings. The zero-order chi connectivity index (χ0) is 15.6. The van der Waals surface area contributed by atoms with Crippen molar-refractivity contribution in [2.24, 2.45) is 5.92 Å². The predicted octanol–water partition coefficient (Wildman–Crippen LogP) is 2.79. The molecule has 0 aromatic carbocycles. The number of likely N-dealkylation sites (tertiary alicyclic amines) is 1. The van der Waals surface area contributed by atoms with Crippen molar-refractivity contribution in [3.63, 3.8) is 0 Å². The molecule has 0 radical (unpaired) electrons. The second-order valence-corrected chi connectivity index (χ2v) is 8.21. The Morgan fingerprint density at radius 3 is 3.00 bits per heavy atom. The van der Waals surface area contributed by atoms with E-state index in [9.17, 15) is 4.79 Å². The molecule has 3 fully saturated rings. The number of amides is 1. The number of carbonyl (C=O) groups excluding carboxylic acids is 1. The lowest BCUT2D eigenvalue weighted by Crippen LogP contribution is -2.46. The highest BCUT2D eigenvalue weighted by atomic mass is 32.1. The molecule has 0 spiro atoms. The summed E-state index contributed by atoms with van der Waals surface area (Å²) in [5.41, 5.74) is 0. The van der Waals surface area contributed by atoms with E-state index in [1.165, 1.54) is 43.5 Å². The van der Waals surface area contributed by atoms with Crippen LogP contribution in [-0.4, -0.2) is 42.1 Å². The SMILES string of the molecule is O=C(NCc1cccs1)[C@@H]1C[C@@H]2CCN(C3CCCC3)C[C@H]2O1. The minimum Gasteiger partial charge on any atom is -0.364 e. The standard InChI is InChI=1S/C18H26N2O2S/c21-18(19-11-15-6-3-9-23-15)16-10-13-7-8-20(12-17(13)22-16)14-4-1-2-5-14/h3,6,9,13-14,16-17H,1-2,4-5,7-8,10-12H2,(H,19,21)/t13-,16-,17+/m0/s1. The summed E-state index contributed by atoms with van der Waals surface area (Å²) in [5.74, 6) is 0.644.